The quantitative estimate of drug-likeness (QED) is 0.725. The van der Waals surface area contributed by atoms with Crippen LogP contribution in [0.4, 0.5) is 0 Å². The SMILES string of the molecule is COc1ccc(/C=C/C(=O)O)cc1CN(C)CCO. The fourth-order valence-corrected chi connectivity index (χ4v) is 1.73. The van der Waals surface area contributed by atoms with Gasteiger partial charge in [-0.3, -0.25) is 4.90 Å². The molecule has 0 unspecified atom stereocenters. The number of aliphatic carboxylic acids is 1. The van der Waals surface area contributed by atoms with E-state index in [0.717, 1.165) is 23.0 Å². The van der Waals surface area contributed by atoms with Crippen LogP contribution in [-0.2, 0) is 11.3 Å². The Hall–Kier alpha value is -1.85. The number of likely N-dealkylation sites (N-methyl/N-ethyl adjacent to an activating group) is 1. The lowest BCUT2D eigenvalue weighted by atomic mass is 10.1. The molecule has 0 bridgehead atoms. The Balaban J connectivity index is 2.92. The van der Waals surface area contributed by atoms with Crippen LogP contribution in [0, 0.1) is 0 Å². The summed E-state index contributed by atoms with van der Waals surface area (Å²) in [6.45, 7) is 1.29. The van der Waals surface area contributed by atoms with Crippen LogP contribution in [0.3, 0.4) is 0 Å². The van der Waals surface area contributed by atoms with Crippen molar-refractivity contribution in [1.82, 2.24) is 4.90 Å². The first-order valence-electron chi connectivity index (χ1n) is 5.94. The maximum absolute atomic E-state index is 10.5. The number of carboxylic acids is 1. The summed E-state index contributed by atoms with van der Waals surface area (Å²) in [5.74, 6) is -0.230. The fraction of sp³-hybridized carbons (Fsp3) is 0.357. The summed E-state index contributed by atoms with van der Waals surface area (Å²) in [6, 6.07) is 5.49. The Morgan fingerprint density at radius 1 is 1.47 bits per heavy atom. The van der Waals surface area contributed by atoms with E-state index in [2.05, 4.69) is 0 Å². The van der Waals surface area contributed by atoms with Crippen LogP contribution in [-0.4, -0.2) is 48.4 Å². The molecule has 2 N–H and O–H groups in total. The fourth-order valence-electron chi connectivity index (χ4n) is 1.73. The molecule has 0 heterocycles. The van der Waals surface area contributed by atoms with Crippen molar-refractivity contribution in [3.63, 3.8) is 0 Å². The van der Waals surface area contributed by atoms with Gasteiger partial charge in [0.25, 0.3) is 0 Å². The van der Waals surface area contributed by atoms with Crippen molar-refractivity contribution >= 4 is 12.0 Å². The first-order valence-corrected chi connectivity index (χ1v) is 5.94. The van der Waals surface area contributed by atoms with Crippen LogP contribution >= 0.6 is 0 Å². The van der Waals surface area contributed by atoms with Gasteiger partial charge >= 0.3 is 5.97 Å². The van der Waals surface area contributed by atoms with Crippen LogP contribution in [0.2, 0.25) is 0 Å². The van der Waals surface area contributed by atoms with Gasteiger partial charge in [-0.2, -0.15) is 0 Å². The molecule has 1 rings (SSSR count). The summed E-state index contributed by atoms with van der Waals surface area (Å²) in [4.78, 5) is 12.5. The van der Waals surface area contributed by atoms with E-state index in [9.17, 15) is 4.79 Å². The van der Waals surface area contributed by atoms with Crippen molar-refractivity contribution in [1.29, 1.82) is 0 Å². The molecule has 0 radical (unpaired) electrons. The van der Waals surface area contributed by atoms with E-state index >= 15 is 0 Å². The number of methoxy groups -OCH3 is 1. The molecule has 5 nitrogen and oxygen atoms in total. The molecular formula is C14H19NO4. The normalized spacial score (nSPS) is 11.2. The Morgan fingerprint density at radius 3 is 2.79 bits per heavy atom. The molecule has 0 aliphatic carbocycles. The lowest BCUT2D eigenvalue weighted by molar-refractivity contribution is -0.131. The van der Waals surface area contributed by atoms with Gasteiger partial charge in [0.05, 0.1) is 13.7 Å². The number of aliphatic hydroxyl groups is 1. The van der Waals surface area contributed by atoms with Gasteiger partial charge in [-0.15, -0.1) is 0 Å². The minimum absolute atomic E-state index is 0.0947. The summed E-state index contributed by atoms with van der Waals surface area (Å²) in [6.07, 6.45) is 2.64. The zero-order chi connectivity index (χ0) is 14.3. The summed E-state index contributed by atoms with van der Waals surface area (Å²) >= 11 is 0. The van der Waals surface area contributed by atoms with Crippen molar-refractivity contribution in [2.24, 2.45) is 0 Å². The maximum Gasteiger partial charge on any atom is 0.328 e. The average molecular weight is 265 g/mol. The van der Waals surface area contributed by atoms with Crippen LogP contribution in [0.25, 0.3) is 6.08 Å². The number of hydrogen-bond donors (Lipinski definition) is 2. The molecule has 0 saturated carbocycles. The third-order valence-corrected chi connectivity index (χ3v) is 2.64. The highest BCUT2D eigenvalue weighted by atomic mass is 16.5. The monoisotopic (exact) mass is 265 g/mol. The molecule has 0 atom stereocenters. The standard InChI is InChI=1S/C14H19NO4/c1-15(7-8-16)10-12-9-11(4-6-14(17)18)3-5-13(12)19-2/h3-6,9,16H,7-8,10H2,1-2H3,(H,17,18)/b6-4+. The van der Waals surface area contributed by atoms with Crippen molar-refractivity contribution in [2.75, 3.05) is 27.3 Å². The first-order chi connectivity index (χ1) is 9.06. The summed E-state index contributed by atoms with van der Waals surface area (Å²) < 4.78 is 5.28. The van der Waals surface area contributed by atoms with E-state index in [-0.39, 0.29) is 6.61 Å². The van der Waals surface area contributed by atoms with Crippen molar-refractivity contribution < 1.29 is 19.7 Å². The molecule has 0 spiro atoms. The van der Waals surface area contributed by atoms with E-state index < -0.39 is 5.97 Å². The molecule has 19 heavy (non-hydrogen) atoms. The van der Waals surface area contributed by atoms with Gasteiger partial charge in [-0.1, -0.05) is 6.07 Å². The van der Waals surface area contributed by atoms with Gasteiger partial charge < -0.3 is 14.9 Å². The van der Waals surface area contributed by atoms with Gasteiger partial charge in [-0.05, 0) is 30.8 Å². The number of aliphatic hydroxyl groups excluding tert-OH is 1. The second-order valence-corrected chi connectivity index (χ2v) is 4.20. The molecule has 104 valence electrons. The number of hydrogen-bond acceptors (Lipinski definition) is 4. The summed E-state index contributed by atoms with van der Waals surface area (Å²) in [5, 5.41) is 17.5. The number of nitrogens with zero attached hydrogens (tertiary/aromatic N) is 1. The van der Waals surface area contributed by atoms with Crippen molar-refractivity contribution in [3.05, 3.63) is 35.4 Å². The van der Waals surface area contributed by atoms with Gasteiger partial charge in [0, 0.05) is 24.7 Å². The third-order valence-electron chi connectivity index (χ3n) is 2.64. The summed E-state index contributed by atoms with van der Waals surface area (Å²) in [7, 11) is 3.49. The Labute approximate surface area is 112 Å². The minimum atomic E-state index is -0.977. The second kappa shape index (κ2) is 7.56. The number of carboxylic acid groups (broad SMARTS) is 1. The number of ether oxygens (including phenoxy) is 1. The number of carbonyl (C=O) groups is 1. The van der Waals surface area contributed by atoms with E-state index in [1.165, 1.54) is 6.08 Å². The second-order valence-electron chi connectivity index (χ2n) is 4.20. The molecule has 0 aliphatic rings. The van der Waals surface area contributed by atoms with Crippen molar-refractivity contribution in [3.8, 4) is 5.75 Å². The van der Waals surface area contributed by atoms with E-state index in [0.29, 0.717) is 13.1 Å². The highest BCUT2D eigenvalue weighted by Gasteiger charge is 2.07. The predicted octanol–water partition coefficient (Wildman–Crippen LogP) is 1.22. The molecule has 0 aromatic heterocycles. The molecule has 1 aromatic carbocycles. The third kappa shape index (κ3) is 5.11. The Bertz CT molecular complexity index is 457. The van der Waals surface area contributed by atoms with Gasteiger partial charge in [0.1, 0.15) is 5.75 Å². The van der Waals surface area contributed by atoms with Gasteiger partial charge in [0.2, 0.25) is 0 Å². The maximum atomic E-state index is 10.5. The largest absolute Gasteiger partial charge is 0.496 e. The van der Waals surface area contributed by atoms with Crippen molar-refractivity contribution in [2.45, 2.75) is 6.54 Å². The topological polar surface area (TPSA) is 70.0 Å². The van der Waals surface area contributed by atoms with E-state index in [1.54, 1.807) is 13.2 Å². The summed E-state index contributed by atoms with van der Waals surface area (Å²) in [5.41, 5.74) is 1.75. The van der Waals surface area contributed by atoms with Crippen LogP contribution in [0.15, 0.2) is 24.3 Å². The molecule has 0 amide bonds. The number of rotatable bonds is 7. The zero-order valence-corrected chi connectivity index (χ0v) is 11.2. The van der Waals surface area contributed by atoms with Gasteiger partial charge in [-0.25, -0.2) is 4.79 Å². The predicted molar refractivity (Wildman–Crippen MR) is 73.1 cm³/mol. The molecule has 0 fully saturated rings. The molecule has 5 heteroatoms. The Morgan fingerprint density at radius 2 is 2.21 bits per heavy atom. The molecular weight excluding hydrogens is 246 g/mol. The minimum Gasteiger partial charge on any atom is -0.496 e. The number of benzene rings is 1. The van der Waals surface area contributed by atoms with E-state index in [4.69, 9.17) is 14.9 Å². The van der Waals surface area contributed by atoms with Crippen LogP contribution in [0.1, 0.15) is 11.1 Å². The van der Waals surface area contributed by atoms with Gasteiger partial charge in [0.15, 0.2) is 0 Å². The lowest BCUT2D eigenvalue weighted by Crippen LogP contribution is -2.21. The highest BCUT2D eigenvalue weighted by Crippen LogP contribution is 2.22. The smallest absolute Gasteiger partial charge is 0.328 e. The zero-order valence-electron chi connectivity index (χ0n) is 11.2. The van der Waals surface area contributed by atoms with Crippen LogP contribution < -0.4 is 4.74 Å². The lowest BCUT2D eigenvalue weighted by Gasteiger charge is -2.17. The Kier molecular flexibility index (Phi) is 6.05. The first kappa shape index (κ1) is 15.2. The molecule has 0 aliphatic heterocycles. The molecule has 1 aromatic rings. The highest BCUT2D eigenvalue weighted by molar-refractivity contribution is 5.85. The van der Waals surface area contributed by atoms with Crippen LogP contribution in [0.5, 0.6) is 5.75 Å². The molecule has 0 saturated heterocycles. The average Bonchev–Trinajstić information content (AvgIpc) is 2.36. The van der Waals surface area contributed by atoms with E-state index in [1.807, 2.05) is 24.1 Å².